The maximum Gasteiger partial charge on any atom is 0.490 e. The van der Waals surface area contributed by atoms with Crippen molar-refractivity contribution in [3.05, 3.63) is 28.3 Å². The molecule has 1 aliphatic rings. The number of benzene rings is 1. The molecule has 3 nitrogen and oxygen atoms in total. The Morgan fingerprint density at radius 2 is 2.07 bits per heavy atom. The molecule has 1 saturated carbocycles. The predicted octanol–water partition coefficient (Wildman–Crippen LogP) is 0.769. The first-order valence-electron chi connectivity index (χ1n) is 4.73. The van der Waals surface area contributed by atoms with Crippen LogP contribution in [0.1, 0.15) is 29.9 Å². The van der Waals surface area contributed by atoms with Gasteiger partial charge in [0.1, 0.15) is 0 Å². The molecule has 2 N–H and O–H groups in total. The van der Waals surface area contributed by atoms with E-state index in [9.17, 15) is 0 Å². The van der Waals surface area contributed by atoms with E-state index in [1.807, 2.05) is 6.07 Å². The molecule has 0 aromatic heterocycles. The third-order valence-electron chi connectivity index (χ3n) is 2.55. The molecule has 1 aliphatic carbocycles. The highest BCUT2D eigenvalue weighted by Crippen LogP contribution is 2.43. The Kier molecular flexibility index (Phi) is 2.70. The van der Waals surface area contributed by atoms with E-state index in [1.54, 1.807) is 6.07 Å². The summed E-state index contributed by atoms with van der Waals surface area (Å²) in [7, 11) is -1.62. The summed E-state index contributed by atoms with van der Waals surface area (Å²) in [6.07, 6.45) is 2.10. The minimum atomic E-state index is -1.62. The van der Waals surface area contributed by atoms with Crippen LogP contribution in [0, 0.1) is 11.3 Å². The van der Waals surface area contributed by atoms with Crippen molar-refractivity contribution in [1.29, 1.82) is 5.26 Å². The van der Waals surface area contributed by atoms with Gasteiger partial charge in [0.05, 0.1) is 11.6 Å². The number of nitrogens with zero attached hydrogens (tertiary/aromatic N) is 1. The molecule has 0 saturated heterocycles. The summed E-state index contributed by atoms with van der Waals surface area (Å²) in [5, 5.41) is 27.4. The summed E-state index contributed by atoms with van der Waals surface area (Å²) in [5.74, 6) is 0.378. The van der Waals surface area contributed by atoms with Crippen molar-refractivity contribution in [1.82, 2.24) is 0 Å². The Balaban J connectivity index is 2.55. The third-order valence-corrected chi connectivity index (χ3v) is 2.99. The molecule has 0 radical (unpaired) electrons. The van der Waals surface area contributed by atoms with E-state index in [1.165, 1.54) is 6.07 Å². The van der Waals surface area contributed by atoms with Gasteiger partial charge in [-0.25, -0.2) is 0 Å². The predicted molar refractivity (Wildman–Crippen MR) is 58.0 cm³/mol. The van der Waals surface area contributed by atoms with E-state index in [0.717, 1.165) is 18.4 Å². The van der Waals surface area contributed by atoms with Crippen LogP contribution < -0.4 is 5.46 Å². The van der Waals surface area contributed by atoms with Gasteiger partial charge in [0.2, 0.25) is 0 Å². The van der Waals surface area contributed by atoms with E-state index in [-0.39, 0.29) is 5.46 Å². The fourth-order valence-electron chi connectivity index (χ4n) is 1.61. The second-order valence-corrected chi connectivity index (χ2v) is 4.11. The zero-order chi connectivity index (χ0) is 11.0. The first-order chi connectivity index (χ1) is 7.13. The van der Waals surface area contributed by atoms with Crippen LogP contribution in [-0.2, 0) is 0 Å². The smallest absolute Gasteiger partial charge is 0.423 e. The second kappa shape index (κ2) is 3.86. The molecule has 0 heterocycles. The maximum absolute atomic E-state index is 9.11. The van der Waals surface area contributed by atoms with Crippen LogP contribution >= 0.6 is 11.6 Å². The molecule has 0 unspecified atom stereocenters. The van der Waals surface area contributed by atoms with Gasteiger partial charge in [0.15, 0.2) is 0 Å². The standard InChI is InChI=1S/C10H9BClNO2/c12-10-8(7-1-2-7)3-6(5-13)4-9(10)11(14)15/h3-4,7,14-15H,1-2H2. The number of rotatable bonds is 2. The van der Waals surface area contributed by atoms with Crippen LogP contribution in [-0.4, -0.2) is 17.2 Å². The van der Waals surface area contributed by atoms with Gasteiger partial charge in [0, 0.05) is 10.5 Å². The quantitative estimate of drug-likeness (QED) is 0.725. The highest BCUT2D eigenvalue weighted by Gasteiger charge is 2.29. The molecule has 1 fully saturated rings. The lowest BCUT2D eigenvalue weighted by molar-refractivity contribution is 0.426. The highest BCUT2D eigenvalue weighted by molar-refractivity contribution is 6.63. The van der Waals surface area contributed by atoms with Crippen LogP contribution in [0.15, 0.2) is 12.1 Å². The van der Waals surface area contributed by atoms with E-state index in [2.05, 4.69) is 0 Å². The van der Waals surface area contributed by atoms with Gasteiger partial charge < -0.3 is 10.0 Å². The Morgan fingerprint density at radius 1 is 1.40 bits per heavy atom. The maximum atomic E-state index is 9.11. The average molecular weight is 221 g/mol. The number of hydrogen-bond acceptors (Lipinski definition) is 3. The van der Waals surface area contributed by atoms with E-state index < -0.39 is 7.12 Å². The molecule has 1 aromatic rings. The van der Waals surface area contributed by atoms with Gasteiger partial charge in [-0.2, -0.15) is 5.26 Å². The van der Waals surface area contributed by atoms with E-state index >= 15 is 0 Å². The fraction of sp³-hybridized carbons (Fsp3) is 0.300. The van der Waals surface area contributed by atoms with Gasteiger partial charge in [0.25, 0.3) is 0 Å². The number of nitriles is 1. The summed E-state index contributed by atoms with van der Waals surface area (Å²) in [5.41, 5.74) is 1.50. The minimum Gasteiger partial charge on any atom is -0.423 e. The van der Waals surface area contributed by atoms with Crippen molar-refractivity contribution in [3.63, 3.8) is 0 Å². The molecule has 5 heteroatoms. The molecule has 0 amide bonds. The molecular formula is C10H9BClNO2. The van der Waals surface area contributed by atoms with Crippen molar-refractivity contribution >= 4 is 24.2 Å². The first kappa shape index (κ1) is 10.5. The third kappa shape index (κ3) is 2.00. The van der Waals surface area contributed by atoms with Crippen molar-refractivity contribution in [2.75, 3.05) is 0 Å². The topological polar surface area (TPSA) is 64.2 Å². The fourth-order valence-corrected chi connectivity index (χ4v) is 1.97. The minimum absolute atomic E-state index is 0.220. The van der Waals surface area contributed by atoms with Gasteiger partial charge in [-0.05, 0) is 36.5 Å². The van der Waals surface area contributed by atoms with Crippen molar-refractivity contribution in [2.45, 2.75) is 18.8 Å². The molecule has 0 bridgehead atoms. The summed E-state index contributed by atoms with van der Waals surface area (Å²) < 4.78 is 0. The van der Waals surface area contributed by atoms with Gasteiger partial charge >= 0.3 is 7.12 Å². The largest absolute Gasteiger partial charge is 0.490 e. The van der Waals surface area contributed by atoms with Crippen LogP contribution in [0.4, 0.5) is 0 Å². The number of halogens is 1. The first-order valence-corrected chi connectivity index (χ1v) is 5.11. The molecule has 0 aliphatic heterocycles. The van der Waals surface area contributed by atoms with Crippen LogP contribution in [0.5, 0.6) is 0 Å². The lowest BCUT2D eigenvalue weighted by Crippen LogP contribution is -2.31. The van der Waals surface area contributed by atoms with Crippen molar-refractivity contribution < 1.29 is 10.0 Å². The molecule has 76 valence electrons. The summed E-state index contributed by atoms with van der Waals surface area (Å²) in [6, 6.07) is 5.14. The average Bonchev–Trinajstić information content (AvgIpc) is 3.01. The summed E-state index contributed by atoms with van der Waals surface area (Å²) in [4.78, 5) is 0. The van der Waals surface area contributed by atoms with Crippen molar-refractivity contribution in [2.24, 2.45) is 0 Å². The highest BCUT2D eigenvalue weighted by atomic mass is 35.5. The van der Waals surface area contributed by atoms with Crippen LogP contribution in [0.3, 0.4) is 0 Å². The molecule has 0 spiro atoms. The Morgan fingerprint density at radius 3 is 2.53 bits per heavy atom. The van der Waals surface area contributed by atoms with Crippen LogP contribution in [0.2, 0.25) is 5.02 Å². The second-order valence-electron chi connectivity index (χ2n) is 3.73. The lowest BCUT2D eigenvalue weighted by atomic mass is 9.78. The van der Waals surface area contributed by atoms with Crippen molar-refractivity contribution in [3.8, 4) is 6.07 Å². The van der Waals surface area contributed by atoms with Gasteiger partial charge in [-0.15, -0.1) is 0 Å². The van der Waals surface area contributed by atoms with Gasteiger partial charge in [-0.1, -0.05) is 11.6 Å². The van der Waals surface area contributed by atoms with E-state index in [4.69, 9.17) is 26.9 Å². The Hall–Kier alpha value is -1.02. The normalized spacial score (nSPS) is 14.8. The number of hydrogen-bond donors (Lipinski definition) is 2. The molecule has 1 aromatic carbocycles. The molecule has 15 heavy (non-hydrogen) atoms. The Bertz CT molecular complexity index is 415. The lowest BCUT2D eigenvalue weighted by Gasteiger charge is -2.09. The molecule has 2 rings (SSSR count). The molecule has 0 atom stereocenters. The zero-order valence-electron chi connectivity index (χ0n) is 7.94. The monoisotopic (exact) mass is 221 g/mol. The summed E-state index contributed by atoms with van der Waals surface area (Å²) in [6.45, 7) is 0. The Labute approximate surface area is 93.1 Å². The zero-order valence-corrected chi connectivity index (χ0v) is 8.70. The van der Waals surface area contributed by atoms with E-state index in [0.29, 0.717) is 16.5 Å². The van der Waals surface area contributed by atoms with Gasteiger partial charge in [-0.3, -0.25) is 0 Å². The van der Waals surface area contributed by atoms with Crippen LogP contribution in [0.25, 0.3) is 0 Å². The SMILES string of the molecule is N#Cc1cc(B(O)O)c(Cl)c(C2CC2)c1. The molecular weight excluding hydrogens is 212 g/mol. The summed E-state index contributed by atoms with van der Waals surface area (Å²) >= 11 is 6.04.